The predicted octanol–water partition coefficient (Wildman–Crippen LogP) is 3.51. The number of aliphatic hydroxyl groups is 1. The van der Waals surface area contributed by atoms with Crippen molar-refractivity contribution < 1.29 is 9.90 Å². The average molecular weight is 391 g/mol. The molecular weight excluding hydrogens is 375 g/mol. The van der Waals surface area contributed by atoms with Gasteiger partial charge >= 0.3 is 0 Å². The van der Waals surface area contributed by atoms with Crippen molar-refractivity contribution in [3.05, 3.63) is 69.3 Å². The van der Waals surface area contributed by atoms with Gasteiger partial charge in [0.15, 0.2) is 0 Å². The van der Waals surface area contributed by atoms with Gasteiger partial charge in [-0.3, -0.25) is 4.79 Å². The van der Waals surface area contributed by atoms with E-state index in [1.165, 1.54) is 6.33 Å². The number of aromatic nitrogens is 3. The molecule has 0 aliphatic carbocycles. The molecule has 0 fully saturated rings. The van der Waals surface area contributed by atoms with Gasteiger partial charge in [0, 0.05) is 23.2 Å². The Labute approximate surface area is 160 Å². The summed E-state index contributed by atoms with van der Waals surface area (Å²) in [6.07, 6.45) is 1.34. The minimum Gasteiger partial charge on any atom is -0.390 e. The number of nitrogens with one attached hydrogen (secondary N) is 2. The summed E-state index contributed by atoms with van der Waals surface area (Å²) in [6, 6.07) is 8.85. The van der Waals surface area contributed by atoms with Crippen LogP contribution in [0.2, 0.25) is 10.2 Å². The third kappa shape index (κ3) is 3.88. The fourth-order valence-corrected chi connectivity index (χ4v) is 3.10. The van der Waals surface area contributed by atoms with E-state index in [9.17, 15) is 9.90 Å². The molecule has 0 atom stereocenters. The van der Waals surface area contributed by atoms with Gasteiger partial charge in [0.1, 0.15) is 17.2 Å². The standard InChI is InChI=1S/C18H16Cl2N4O2/c1-10-16(13-6-15(20)23-9-22-13)14(8-25)24-17(10)18(26)21-7-11-3-2-4-12(19)5-11/h2-6,9,24-25H,7-8H2,1H3,(H,21,26). The van der Waals surface area contributed by atoms with Crippen LogP contribution in [0.25, 0.3) is 11.3 Å². The molecule has 3 aromatic rings. The molecule has 2 heterocycles. The maximum absolute atomic E-state index is 12.6. The first-order chi connectivity index (χ1) is 12.5. The van der Waals surface area contributed by atoms with Crippen LogP contribution in [0.5, 0.6) is 0 Å². The van der Waals surface area contributed by atoms with Gasteiger partial charge in [-0.1, -0.05) is 35.3 Å². The number of aliphatic hydroxyl groups excluding tert-OH is 1. The van der Waals surface area contributed by atoms with Crippen molar-refractivity contribution >= 4 is 29.1 Å². The number of carbonyl (C=O) groups excluding carboxylic acids is 1. The summed E-state index contributed by atoms with van der Waals surface area (Å²) in [5.74, 6) is -0.288. The SMILES string of the molecule is Cc1c(C(=O)NCc2cccc(Cl)c2)[nH]c(CO)c1-c1cc(Cl)ncn1. The number of amides is 1. The Kier molecular flexibility index (Phi) is 5.56. The molecule has 0 aliphatic heterocycles. The Bertz CT molecular complexity index is 956. The Morgan fingerprint density at radius 3 is 2.77 bits per heavy atom. The zero-order valence-corrected chi connectivity index (χ0v) is 15.4. The summed E-state index contributed by atoms with van der Waals surface area (Å²) in [7, 11) is 0. The molecule has 6 nitrogen and oxygen atoms in total. The van der Waals surface area contributed by atoms with E-state index >= 15 is 0 Å². The molecular formula is C18H16Cl2N4O2. The fourth-order valence-electron chi connectivity index (χ4n) is 2.74. The molecule has 0 saturated carbocycles. The largest absolute Gasteiger partial charge is 0.390 e. The van der Waals surface area contributed by atoms with Crippen LogP contribution < -0.4 is 5.32 Å². The van der Waals surface area contributed by atoms with Crippen LogP contribution >= 0.6 is 23.2 Å². The second-order valence-corrected chi connectivity index (χ2v) is 6.50. The van der Waals surface area contributed by atoms with E-state index in [4.69, 9.17) is 23.2 Å². The molecule has 3 rings (SSSR count). The van der Waals surface area contributed by atoms with Crippen LogP contribution in [-0.4, -0.2) is 26.0 Å². The lowest BCUT2D eigenvalue weighted by atomic mass is 10.1. The van der Waals surface area contributed by atoms with E-state index < -0.39 is 0 Å². The Morgan fingerprint density at radius 2 is 2.08 bits per heavy atom. The van der Waals surface area contributed by atoms with Gasteiger partial charge < -0.3 is 15.4 Å². The number of H-pyrrole nitrogens is 1. The highest BCUT2D eigenvalue weighted by molar-refractivity contribution is 6.30. The molecule has 0 spiro atoms. The van der Waals surface area contributed by atoms with E-state index in [0.29, 0.717) is 39.8 Å². The minimum absolute atomic E-state index is 0.265. The summed E-state index contributed by atoms with van der Waals surface area (Å²) < 4.78 is 0. The van der Waals surface area contributed by atoms with Crippen molar-refractivity contribution in [1.29, 1.82) is 0 Å². The first kappa shape index (κ1) is 18.4. The van der Waals surface area contributed by atoms with Gasteiger partial charge in [-0.25, -0.2) is 9.97 Å². The molecule has 1 aromatic carbocycles. The van der Waals surface area contributed by atoms with Crippen molar-refractivity contribution in [2.45, 2.75) is 20.1 Å². The van der Waals surface area contributed by atoms with Crippen molar-refractivity contribution in [2.75, 3.05) is 0 Å². The number of hydrogen-bond acceptors (Lipinski definition) is 4. The summed E-state index contributed by atoms with van der Waals surface area (Å²) in [4.78, 5) is 23.6. The molecule has 134 valence electrons. The highest BCUT2D eigenvalue weighted by Gasteiger charge is 2.21. The number of aromatic amines is 1. The molecule has 0 saturated heterocycles. The summed E-state index contributed by atoms with van der Waals surface area (Å²) in [5.41, 5.74) is 3.60. The number of hydrogen-bond donors (Lipinski definition) is 3. The number of carbonyl (C=O) groups is 1. The van der Waals surface area contributed by atoms with E-state index in [-0.39, 0.29) is 17.7 Å². The van der Waals surface area contributed by atoms with Crippen LogP contribution in [-0.2, 0) is 13.2 Å². The Balaban J connectivity index is 1.87. The molecule has 1 amide bonds. The molecule has 0 aliphatic rings. The van der Waals surface area contributed by atoms with Gasteiger partial charge in [0.05, 0.1) is 18.0 Å². The smallest absolute Gasteiger partial charge is 0.268 e. The maximum atomic E-state index is 12.6. The molecule has 0 bridgehead atoms. The summed E-state index contributed by atoms with van der Waals surface area (Å²) >= 11 is 11.9. The van der Waals surface area contributed by atoms with E-state index in [1.807, 2.05) is 12.1 Å². The maximum Gasteiger partial charge on any atom is 0.268 e. The third-order valence-corrected chi connectivity index (χ3v) is 4.39. The zero-order chi connectivity index (χ0) is 18.7. The van der Waals surface area contributed by atoms with Gasteiger partial charge in [-0.2, -0.15) is 0 Å². The average Bonchev–Trinajstić information content (AvgIpc) is 2.96. The quantitative estimate of drug-likeness (QED) is 0.581. The van der Waals surface area contributed by atoms with Crippen molar-refractivity contribution in [1.82, 2.24) is 20.3 Å². The third-order valence-electron chi connectivity index (χ3n) is 3.94. The van der Waals surface area contributed by atoms with Gasteiger partial charge in [-0.15, -0.1) is 0 Å². The molecule has 26 heavy (non-hydrogen) atoms. The highest BCUT2D eigenvalue weighted by atomic mass is 35.5. The van der Waals surface area contributed by atoms with Crippen LogP contribution in [0.4, 0.5) is 0 Å². The first-order valence-electron chi connectivity index (χ1n) is 7.82. The lowest BCUT2D eigenvalue weighted by Gasteiger charge is -2.06. The fraction of sp³-hybridized carbons (Fsp3) is 0.167. The van der Waals surface area contributed by atoms with Crippen molar-refractivity contribution in [3.8, 4) is 11.3 Å². The highest BCUT2D eigenvalue weighted by Crippen LogP contribution is 2.29. The van der Waals surface area contributed by atoms with Crippen LogP contribution in [0.1, 0.15) is 27.3 Å². The lowest BCUT2D eigenvalue weighted by molar-refractivity contribution is 0.0945. The number of rotatable bonds is 5. The number of halogens is 2. The Morgan fingerprint density at radius 1 is 1.27 bits per heavy atom. The van der Waals surface area contributed by atoms with Crippen LogP contribution in [0, 0.1) is 6.92 Å². The minimum atomic E-state index is -0.288. The molecule has 8 heteroatoms. The number of nitrogens with zero attached hydrogens (tertiary/aromatic N) is 2. The molecule has 3 N–H and O–H groups in total. The molecule has 2 aromatic heterocycles. The molecule has 0 radical (unpaired) electrons. The van der Waals surface area contributed by atoms with E-state index in [2.05, 4.69) is 20.3 Å². The molecule has 0 unspecified atom stereocenters. The van der Waals surface area contributed by atoms with Gasteiger partial charge in [-0.05, 0) is 30.2 Å². The zero-order valence-electron chi connectivity index (χ0n) is 13.9. The van der Waals surface area contributed by atoms with Crippen molar-refractivity contribution in [2.24, 2.45) is 0 Å². The topological polar surface area (TPSA) is 90.9 Å². The van der Waals surface area contributed by atoms with Gasteiger partial charge in [0.25, 0.3) is 5.91 Å². The van der Waals surface area contributed by atoms with E-state index in [1.54, 1.807) is 25.1 Å². The summed E-state index contributed by atoms with van der Waals surface area (Å²) in [6.45, 7) is 1.86. The summed E-state index contributed by atoms with van der Waals surface area (Å²) in [5, 5.41) is 13.4. The lowest BCUT2D eigenvalue weighted by Crippen LogP contribution is -2.23. The van der Waals surface area contributed by atoms with Crippen molar-refractivity contribution in [3.63, 3.8) is 0 Å². The Hall–Kier alpha value is -2.41. The van der Waals surface area contributed by atoms with Crippen LogP contribution in [0.3, 0.4) is 0 Å². The van der Waals surface area contributed by atoms with Crippen LogP contribution in [0.15, 0.2) is 36.7 Å². The second kappa shape index (κ2) is 7.86. The van der Waals surface area contributed by atoms with Gasteiger partial charge in [0.2, 0.25) is 0 Å². The van der Waals surface area contributed by atoms with E-state index in [0.717, 1.165) is 5.56 Å². The number of benzene rings is 1. The second-order valence-electron chi connectivity index (χ2n) is 5.68. The first-order valence-corrected chi connectivity index (χ1v) is 8.58. The monoisotopic (exact) mass is 390 g/mol. The predicted molar refractivity (Wildman–Crippen MR) is 100 cm³/mol. The normalized spacial score (nSPS) is 10.8.